The molecule has 0 aromatic heterocycles. The lowest BCUT2D eigenvalue weighted by molar-refractivity contribution is 0.332. The van der Waals surface area contributed by atoms with Crippen LogP contribution in [0.25, 0.3) is 11.1 Å². The van der Waals surface area contributed by atoms with Crippen molar-refractivity contribution in [1.82, 2.24) is 0 Å². The van der Waals surface area contributed by atoms with E-state index in [2.05, 4.69) is 305 Å². The van der Waals surface area contributed by atoms with Crippen molar-refractivity contribution < 1.29 is 0 Å². The van der Waals surface area contributed by atoms with E-state index in [4.69, 9.17) is 0 Å². The molecule has 0 fully saturated rings. The summed E-state index contributed by atoms with van der Waals surface area (Å²) >= 11 is 0. The summed E-state index contributed by atoms with van der Waals surface area (Å²) in [5.74, 6) is -0.0730. The van der Waals surface area contributed by atoms with E-state index >= 15 is 0 Å². The minimum absolute atomic E-state index is 0.00508. The number of hydrogen-bond donors (Lipinski definition) is 0. The van der Waals surface area contributed by atoms with Crippen LogP contribution < -0.4 is 26.2 Å². The van der Waals surface area contributed by atoms with Gasteiger partial charge in [-0.25, -0.2) is 0 Å². The molecule has 3 aliphatic rings. The lowest BCUT2D eigenvalue weighted by Crippen LogP contribution is -2.62. The number of anilines is 6. The van der Waals surface area contributed by atoms with Crippen molar-refractivity contribution in [3.63, 3.8) is 0 Å². The Morgan fingerprint density at radius 2 is 0.775 bits per heavy atom. The number of hydrogen-bond acceptors (Lipinski definition) is 2. The molecule has 0 unspecified atom stereocenters. The van der Waals surface area contributed by atoms with E-state index in [1.165, 1.54) is 117 Å². The Hall–Kier alpha value is -6.58. The molecule has 0 N–H and O–H groups in total. The molecule has 8 aromatic carbocycles. The second kappa shape index (κ2) is 19.0. The van der Waals surface area contributed by atoms with Crippen molar-refractivity contribution in [3.8, 4) is 11.1 Å². The third-order valence-corrected chi connectivity index (χ3v) is 18.7. The van der Waals surface area contributed by atoms with Crippen LogP contribution in [0.5, 0.6) is 0 Å². The maximum atomic E-state index is 2.74. The number of fused-ring (bicyclic) bond motifs is 5. The lowest BCUT2D eigenvalue weighted by atomic mass is 9.33. The Balaban J connectivity index is 1.33. The highest BCUT2D eigenvalue weighted by Gasteiger charge is 2.48. The second-order valence-corrected chi connectivity index (χ2v) is 30.6. The number of nitrogens with zero attached hydrogens (tertiary/aromatic N) is 2. The highest BCUT2D eigenvalue weighted by molar-refractivity contribution is 7.00. The third-order valence-electron chi connectivity index (χ3n) is 18.7. The summed E-state index contributed by atoms with van der Waals surface area (Å²) in [5, 5.41) is 0. The van der Waals surface area contributed by atoms with Crippen molar-refractivity contribution >= 4 is 57.2 Å². The van der Waals surface area contributed by atoms with E-state index in [1.54, 1.807) is 0 Å². The predicted octanol–water partition coefficient (Wildman–Crippen LogP) is 19.5. The maximum Gasteiger partial charge on any atom is 0.252 e. The SMILES string of the molecule is CC(C)(C)c1ccc(C(c2ccc(C(C)(C)C)cc2)c2cc3c4c(c2)N(c2ccc(C(C)(C)C)cc2-c2ccccc2)c2cc5c(cc2B4c2cc(C(C)(C)C)ccc2N3c2ccc(C(C)(C)C)cc2)C(C)(C)CCC5(C)C)cc1. The van der Waals surface area contributed by atoms with Gasteiger partial charge in [-0.15, -0.1) is 0 Å². The van der Waals surface area contributed by atoms with Crippen LogP contribution in [0.3, 0.4) is 0 Å². The Kier molecular flexibility index (Phi) is 13.1. The average Bonchev–Trinajstić information content (AvgIpc) is 3.16. The molecule has 8 aromatic rings. The molecule has 0 saturated heterocycles. The molecular formula is C77H89BN2. The quantitative estimate of drug-likeness (QED) is 0.121. The third kappa shape index (κ3) is 9.77. The molecule has 2 heterocycles. The highest BCUT2D eigenvalue weighted by atomic mass is 15.2. The summed E-state index contributed by atoms with van der Waals surface area (Å²) in [7, 11) is 0. The van der Waals surface area contributed by atoms with E-state index in [0.717, 1.165) is 12.8 Å². The fourth-order valence-electron chi connectivity index (χ4n) is 13.3. The molecule has 1 aliphatic carbocycles. The van der Waals surface area contributed by atoms with Gasteiger partial charge in [0, 0.05) is 39.9 Å². The molecule has 0 atom stereocenters. The predicted molar refractivity (Wildman–Crippen MR) is 349 cm³/mol. The highest BCUT2D eigenvalue weighted by Crippen LogP contribution is 2.53. The van der Waals surface area contributed by atoms with Gasteiger partial charge >= 0.3 is 0 Å². The first-order chi connectivity index (χ1) is 37.3. The van der Waals surface area contributed by atoms with Crippen molar-refractivity contribution in [2.45, 2.75) is 188 Å². The van der Waals surface area contributed by atoms with Gasteiger partial charge < -0.3 is 9.80 Å². The summed E-state index contributed by atoms with van der Waals surface area (Å²) in [6, 6.07) is 65.4. The molecule has 11 rings (SSSR count). The van der Waals surface area contributed by atoms with Crippen LogP contribution in [0.4, 0.5) is 34.1 Å². The molecule has 3 heteroatoms. The fraction of sp³-hybridized carbons (Fsp3) is 0.377. The second-order valence-electron chi connectivity index (χ2n) is 30.6. The van der Waals surface area contributed by atoms with Gasteiger partial charge in [0.1, 0.15) is 0 Å². The van der Waals surface area contributed by atoms with Gasteiger partial charge in [-0.2, -0.15) is 0 Å². The van der Waals surface area contributed by atoms with Crippen LogP contribution in [0.15, 0.2) is 164 Å². The molecule has 0 bridgehead atoms. The van der Waals surface area contributed by atoms with Crippen LogP contribution in [0.2, 0.25) is 0 Å². The molecule has 0 saturated carbocycles. The topological polar surface area (TPSA) is 6.48 Å². The molecule has 0 spiro atoms. The van der Waals surface area contributed by atoms with Crippen LogP contribution in [0, 0.1) is 0 Å². The van der Waals surface area contributed by atoms with E-state index < -0.39 is 0 Å². The molecule has 80 heavy (non-hydrogen) atoms. The molecular weight excluding hydrogens is 964 g/mol. The number of benzene rings is 8. The van der Waals surface area contributed by atoms with Gasteiger partial charge in [0.25, 0.3) is 6.71 Å². The molecule has 0 radical (unpaired) electrons. The Labute approximate surface area is 483 Å². The van der Waals surface area contributed by atoms with E-state index in [9.17, 15) is 0 Å². The first-order valence-electron chi connectivity index (χ1n) is 29.9. The summed E-state index contributed by atoms with van der Waals surface area (Å²) in [6.07, 6.45) is 2.29. The van der Waals surface area contributed by atoms with Crippen LogP contribution in [0.1, 0.15) is 206 Å². The van der Waals surface area contributed by atoms with Crippen molar-refractivity contribution in [2.24, 2.45) is 0 Å². The molecule has 2 aliphatic heterocycles. The van der Waals surface area contributed by atoms with Gasteiger partial charge in [0.05, 0.1) is 5.69 Å². The van der Waals surface area contributed by atoms with Gasteiger partial charge in [-0.3, -0.25) is 0 Å². The number of rotatable bonds is 6. The molecule has 410 valence electrons. The summed E-state index contributed by atoms with van der Waals surface area (Å²) in [5.41, 5.74) is 27.4. The largest absolute Gasteiger partial charge is 0.311 e. The molecule has 0 amide bonds. The smallest absolute Gasteiger partial charge is 0.252 e. The zero-order chi connectivity index (χ0) is 57.4. The van der Waals surface area contributed by atoms with Crippen molar-refractivity contribution in [3.05, 3.63) is 219 Å². The van der Waals surface area contributed by atoms with Crippen molar-refractivity contribution in [2.75, 3.05) is 9.80 Å². The van der Waals surface area contributed by atoms with Crippen LogP contribution in [-0.2, 0) is 37.9 Å². The first-order valence-corrected chi connectivity index (χ1v) is 29.9. The van der Waals surface area contributed by atoms with Crippen LogP contribution in [-0.4, -0.2) is 6.71 Å². The summed E-state index contributed by atoms with van der Waals surface area (Å²) < 4.78 is 0. The van der Waals surface area contributed by atoms with Crippen molar-refractivity contribution in [1.29, 1.82) is 0 Å². The Morgan fingerprint density at radius 3 is 1.26 bits per heavy atom. The van der Waals surface area contributed by atoms with E-state index in [-0.39, 0.29) is 50.5 Å². The molecule has 2 nitrogen and oxygen atoms in total. The normalized spacial score (nSPS) is 15.8. The van der Waals surface area contributed by atoms with Gasteiger partial charge in [-0.05, 0) is 177 Å². The Bertz CT molecular complexity index is 3590. The van der Waals surface area contributed by atoms with Crippen LogP contribution >= 0.6 is 0 Å². The minimum Gasteiger partial charge on any atom is -0.311 e. The maximum absolute atomic E-state index is 2.74. The average molecular weight is 1050 g/mol. The Morgan fingerprint density at radius 1 is 0.362 bits per heavy atom. The van der Waals surface area contributed by atoms with Gasteiger partial charge in [0.15, 0.2) is 0 Å². The first kappa shape index (κ1) is 55.3. The summed E-state index contributed by atoms with van der Waals surface area (Å²) in [4.78, 5) is 5.38. The zero-order valence-electron chi connectivity index (χ0n) is 52.1. The minimum atomic E-state index is -0.0730. The van der Waals surface area contributed by atoms with E-state index in [1.807, 2.05) is 0 Å². The standard InChI is InChI=1S/C77H89BN2/c1-71(2,3)53-29-25-50(26-30-53)69(51-27-31-54(32-28-51)72(4,5)6)52-43-67-70-68(44-52)80(64-39-35-56(74(10,11)12)45-59(64)49-23-21-20-22-24-49)66-48-61-60(76(16,17)41-42-77(61,18)19)47-63(66)78(70)62-46-57(75(13,14)15)36-40-65(62)79(67)58-37-33-55(34-38-58)73(7,8)9/h20-40,43-48,69H,41-42H2,1-19H3. The van der Waals surface area contributed by atoms with Gasteiger partial charge in [0.2, 0.25) is 0 Å². The fourth-order valence-corrected chi connectivity index (χ4v) is 13.3. The monoisotopic (exact) mass is 1050 g/mol. The van der Waals surface area contributed by atoms with Gasteiger partial charge in [-0.1, -0.05) is 247 Å². The zero-order valence-corrected chi connectivity index (χ0v) is 52.1. The summed E-state index contributed by atoms with van der Waals surface area (Å²) in [6.45, 7) is 45.0. The van der Waals surface area contributed by atoms with E-state index in [0.29, 0.717) is 0 Å². The lowest BCUT2D eigenvalue weighted by Gasteiger charge is -2.48.